The Labute approximate surface area is 375 Å². The molecule has 6 heteroatoms. The number of rotatable bonds is 44. The predicted molar refractivity (Wildman–Crippen MR) is 261 cm³/mol. The lowest BCUT2D eigenvalue weighted by Crippen LogP contribution is -2.30. The molecule has 0 amide bonds. The first-order chi connectivity index (χ1) is 30.0. The van der Waals surface area contributed by atoms with E-state index in [1.54, 1.807) is 6.08 Å². The summed E-state index contributed by atoms with van der Waals surface area (Å²) < 4.78 is 16.6. The van der Waals surface area contributed by atoms with E-state index in [1.807, 2.05) is 6.08 Å². The highest BCUT2D eigenvalue weighted by Crippen LogP contribution is 2.13. The quantitative estimate of drug-likeness (QED) is 0.0263. The van der Waals surface area contributed by atoms with Crippen LogP contribution in [0.2, 0.25) is 0 Å². The van der Waals surface area contributed by atoms with Crippen LogP contribution in [-0.4, -0.2) is 37.2 Å². The van der Waals surface area contributed by atoms with E-state index in [2.05, 4.69) is 93.7 Å². The van der Waals surface area contributed by atoms with Crippen molar-refractivity contribution in [2.45, 2.75) is 232 Å². The van der Waals surface area contributed by atoms with E-state index in [-0.39, 0.29) is 31.6 Å². The molecular weight excluding hydrogens is 757 g/mol. The lowest BCUT2D eigenvalue weighted by atomic mass is 10.1. The average Bonchev–Trinajstić information content (AvgIpc) is 3.26. The Morgan fingerprint density at radius 1 is 0.361 bits per heavy atom. The fraction of sp³-hybridized carbons (Fsp3) is 0.691. The molecule has 0 aliphatic rings. The Balaban J connectivity index is 4.48. The Morgan fingerprint density at radius 3 is 1.10 bits per heavy atom. The summed E-state index contributed by atoms with van der Waals surface area (Å²) in [6.45, 7) is 6.39. The van der Waals surface area contributed by atoms with Crippen molar-refractivity contribution in [2.75, 3.05) is 13.2 Å². The van der Waals surface area contributed by atoms with Crippen LogP contribution in [0, 0.1) is 0 Å². The molecule has 1 atom stereocenters. The molecule has 0 radical (unpaired) electrons. The molecule has 0 aromatic rings. The molecule has 0 fully saturated rings. The molecule has 0 spiro atoms. The first-order valence-corrected chi connectivity index (χ1v) is 25.1. The van der Waals surface area contributed by atoms with Gasteiger partial charge in [-0.25, -0.2) is 0 Å². The molecule has 0 saturated carbocycles. The van der Waals surface area contributed by atoms with Crippen LogP contribution in [0.5, 0.6) is 0 Å². The third-order valence-electron chi connectivity index (χ3n) is 10.4. The van der Waals surface area contributed by atoms with Crippen molar-refractivity contribution in [3.8, 4) is 0 Å². The van der Waals surface area contributed by atoms with Crippen LogP contribution in [0.1, 0.15) is 226 Å². The minimum atomic E-state index is -0.831. The summed E-state index contributed by atoms with van der Waals surface area (Å²) in [5.74, 6) is -1.06. The maximum absolute atomic E-state index is 12.7. The van der Waals surface area contributed by atoms with E-state index in [0.717, 1.165) is 83.5 Å². The average molecular weight is 849 g/mol. The number of hydrogen-bond acceptors (Lipinski definition) is 6. The Hall–Kier alpha value is -3.41. The highest BCUT2D eigenvalue weighted by molar-refractivity contribution is 5.72. The number of esters is 3. The van der Waals surface area contributed by atoms with Gasteiger partial charge in [0.15, 0.2) is 6.10 Å². The van der Waals surface area contributed by atoms with Gasteiger partial charge in [0.25, 0.3) is 0 Å². The Morgan fingerprint density at radius 2 is 0.689 bits per heavy atom. The topological polar surface area (TPSA) is 78.9 Å². The zero-order chi connectivity index (χ0) is 44.4. The molecule has 61 heavy (non-hydrogen) atoms. The fourth-order valence-electron chi connectivity index (χ4n) is 6.66. The van der Waals surface area contributed by atoms with Crippen LogP contribution in [0.15, 0.2) is 85.1 Å². The monoisotopic (exact) mass is 849 g/mol. The molecular formula is C55H92O6. The number of carbonyl (C=O) groups is 3. The molecule has 0 aliphatic heterocycles. The van der Waals surface area contributed by atoms with Crippen molar-refractivity contribution in [1.29, 1.82) is 0 Å². The maximum Gasteiger partial charge on any atom is 0.310 e. The normalized spacial score (nSPS) is 12.8. The van der Waals surface area contributed by atoms with Crippen molar-refractivity contribution in [3.05, 3.63) is 85.1 Å². The molecule has 1 unspecified atom stereocenters. The standard InChI is InChI=1S/C55H92O6/c1-4-7-10-13-16-19-22-24-26-27-28-30-31-33-36-39-42-45-48-54(57)60-51-52(50-59-53(56)47-44-41-38-35-21-18-15-12-9-6-3)61-55(58)49-46-43-40-37-34-32-29-25-23-20-17-14-11-8-5-2/h8,11,17,19-20,22,25-27,29,34,37,43,46,52H,4-7,9-10,12-16,18,21,23-24,28,30-33,35-36,38-42,44-45,47-51H2,1-3H3/b11-8-,20-17-,22-19-,27-26-,29-25-,37-34-,46-43-. The van der Waals surface area contributed by atoms with Gasteiger partial charge in [0.1, 0.15) is 13.2 Å². The van der Waals surface area contributed by atoms with E-state index >= 15 is 0 Å². The van der Waals surface area contributed by atoms with E-state index in [1.165, 1.54) is 103 Å². The molecule has 0 aromatic carbocycles. The van der Waals surface area contributed by atoms with Crippen molar-refractivity contribution in [3.63, 3.8) is 0 Å². The van der Waals surface area contributed by atoms with Gasteiger partial charge < -0.3 is 14.2 Å². The molecule has 0 saturated heterocycles. The smallest absolute Gasteiger partial charge is 0.310 e. The third-order valence-corrected chi connectivity index (χ3v) is 10.4. The first-order valence-electron chi connectivity index (χ1n) is 25.1. The second-order valence-corrected chi connectivity index (χ2v) is 16.4. The van der Waals surface area contributed by atoms with Gasteiger partial charge in [-0.15, -0.1) is 0 Å². The van der Waals surface area contributed by atoms with Gasteiger partial charge in [-0.05, 0) is 77.0 Å². The summed E-state index contributed by atoms with van der Waals surface area (Å²) in [4.78, 5) is 37.8. The fourth-order valence-corrected chi connectivity index (χ4v) is 6.66. The number of carbonyl (C=O) groups excluding carboxylic acids is 3. The van der Waals surface area contributed by atoms with Crippen LogP contribution in [0.3, 0.4) is 0 Å². The lowest BCUT2D eigenvalue weighted by molar-refractivity contribution is -0.166. The van der Waals surface area contributed by atoms with Gasteiger partial charge in [0, 0.05) is 12.8 Å². The number of allylic oxidation sites excluding steroid dienone is 13. The molecule has 0 bridgehead atoms. The molecule has 0 aromatic heterocycles. The highest BCUT2D eigenvalue weighted by atomic mass is 16.6. The minimum absolute atomic E-state index is 0.0954. The van der Waals surface area contributed by atoms with Gasteiger partial charge in [-0.3, -0.25) is 14.4 Å². The van der Waals surface area contributed by atoms with Crippen LogP contribution >= 0.6 is 0 Å². The van der Waals surface area contributed by atoms with Crippen molar-refractivity contribution < 1.29 is 28.6 Å². The largest absolute Gasteiger partial charge is 0.462 e. The summed E-state index contributed by atoms with van der Waals surface area (Å²) in [7, 11) is 0. The molecule has 6 nitrogen and oxygen atoms in total. The summed E-state index contributed by atoms with van der Waals surface area (Å²) in [6.07, 6.45) is 63.1. The minimum Gasteiger partial charge on any atom is -0.462 e. The number of unbranched alkanes of at least 4 members (excludes halogenated alkanes) is 20. The SMILES string of the molecule is CC/C=C\C/C=C\C/C=C\C/C=C\C/C=C\CC(=O)OC(COC(=O)CCCCCCCCC/C=C\C/C=C\CCCCCC)COC(=O)CCCCCCCCCCCC. The molecule has 348 valence electrons. The molecule has 0 aliphatic carbocycles. The van der Waals surface area contributed by atoms with Crippen molar-refractivity contribution >= 4 is 17.9 Å². The van der Waals surface area contributed by atoms with Crippen LogP contribution < -0.4 is 0 Å². The first kappa shape index (κ1) is 57.6. The van der Waals surface area contributed by atoms with E-state index < -0.39 is 12.1 Å². The van der Waals surface area contributed by atoms with Crippen LogP contribution in [0.25, 0.3) is 0 Å². The molecule has 0 N–H and O–H groups in total. The second-order valence-electron chi connectivity index (χ2n) is 16.4. The lowest BCUT2D eigenvalue weighted by Gasteiger charge is -2.18. The summed E-state index contributed by atoms with van der Waals surface area (Å²) in [5, 5.41) is 0. The zero-order valence-electron chi connectivity index (χ0n) is 39.7. The van der Waals surface area contributed by atoms with E-state index in [0.29, 0.717) is 12.8 Å². The van der Waals surface area contributed by atoms with Gasteiger partial charge in [-0.1, -0.05) is 215 Å². The predicted octanol–water partition coefficient (Wildman–Crippen LogP) is 16.4. The molecule has 0 heterocycles. The highest BCUT2D eigenvalue weighted by Gasteiger charge is 2.19. The van der Waals surface area contributed by atoms with Crippen molar-refractivity contribution in [2.24, 2.45) is 0 Å². The Bertz CT molecular complexity index is 1200. The van der Waals surface area contributed by atoms with E-state index in [4.69, 9.17) is 14.2 Å². The third kappa shape index (κ3) is 47.5. The second kappa shape index (κ2) is 49.2. The zero-order valence-corrected chi connectivity index (χ0v) is 39.7. The Kier molecular flexibility index (Phi) is 46.5. The maximum atomic E-state index is 12.7. The van der Waals surface area contributed by atoms with Crippen LogP contribution in [0.4, 0.5) is 0 Å². The summed E-state index contributed by atoms with van der Waals surface area (Å²) in [6, 6.07) is 0. The molecule has 0 rings (SSSR count). The van der Waals surface area contributed by atoms with Gasteiger partial charge in [0.2, 0.25) is 0 Å². The number of ether oxygens (including phenoxy) is 3. The van der Waals surface area contributed by atoms with Crippen LogP contribution in [-0.2, 0) is 28.6 Å². The van der Waals surface area contributed by atoms with Gasteiger partial charge >= 0.3 is 17.9 Å². The van der Waals surface area contributed by atoms with Gasteiger partial charge in [0.05, 0.1) is 6.42 Å². The van der Waals surface area contributed by atoms with Crippen molar-refractivity contribution in [1.82, 2.24) is 0 Å². The number of hydrogen-bond donors (Lipinski definition) is 0. The summed E-state index contributed by atoms with van der Waals surface area (Å²) in [5.41, 5.74) is 0. The van der Waals surface area contributed by atoms with Gasteiger partial charge in [-0.2, -0.15) is 0 Å². The summed E-state index contributed by atoms with van der Waals surface area (Å²) >= 11 is 0. The van der Waals surface area contributed by atoms with E-state index in [9.17, 15) is 14.4 Å².